The fourth-order valence-corrected chi connectivity index (χ4v) is 3.96. The van der Waals surface area contributed by atoms with E-state index in [1.807, 2.05) is 6.92 Å². The van der Waals surface area contributed by atoms with Crippen LogP contribution in [-0.4, -0.2) is 42.7 Å². The van der Waals surface area contributed by atoms with Gasteiger partial charge in [-0.1, -0.05) is 23.3 Å². The van der Waals surface area contributed by atoms with Crippen molar-refractivity contribution >= 4 is 5.96 Å². The number of guanidine groups is 1. The maximum atomic E-state index is 6.34. The van der Waals surface area contributed by atoms with Crippen LogP contribution in [-0.2, 0) is 14.5 Å². The number of nitrogens with one attached hydrogen (secondary N) is 1. The zero-order valence-corrected chi connectivity index (χ0v) is 16.6. The minimum Gasteiger partial charge on any atom is -0.369 e. The van der Waals surface area contributed by atoms with Gasteiger partial charge in [0.2, 0.25) is 11.7 Å². The first-order valence-corrected chi connectivity index (χ1v) is 9.80. The largest absolute Gasteiger partial charge is 0.369 e. The fraction of sp³-hybridized carbons (Fsp3) is 0.737. The lowest BCUT2D eigenvalue weighted by molar-refractivity contribution is -0.449. The van der Waals surface area contributed by atoms with E-state index in [-0.39, 0.29) is 12.2 Å². The van der Waals surface area contributed by atoms with Gasteiger partial charge in [-0.05, 0) is 45.4 Å². The maximum Gasteiger partial charge on any atom is 0.204 e. The van der Waals surface area contributed by atoms with Crippen LogP contribution in [0.5, 0.6) is 0 Å². The number of ether oxygens (including phenoxy) is 1. The van der Waals surface area contributed by atoms with Gasteiger partial charge in [-0.25, -0.2) is 9.78 Å². The Hall–Kier alpha value is -1.45. The molecule has 1 spiro atoms. The second-order valence-electron chi connectivity index (χ2n) is 8.01. The van der Waals surface area contributed by atoms with Crippen LogP contribution in [0.25, 0.3) is 0 Å². The summed E-state index contributed by atoms with van der Waals surface area (Å²) >= 11 is 0. The summed E-state index contributed by atoms with van der Waals surface area (Å²) in [4.78, 5) is 15.9. The second kappa shape index (κ2) is 8.70. The first kappa shape index (κ1) is 20.3. The number of aliphatic imine (C=N–C) groups is 1. The van der Waals surface area contributed by atoms with Crippen LogP contribution in [0, 0.1) is 5.92 Å². The van der Waals surface area contributed by atoms with Crippen molar-refractivity contribution in [3.05, 3.63) is 23.3 Å². The van der Waals surface area contributed by atoms with Gasteiger partial charge in [-0.15, -0.1) is 0 Å². The third kappa shape index (κ3) is 5.76. The fourth-order valence-electron chi connectivity index (χ4n) is 3.96. The Morgan fingerprint density at radius 1 is 1.22 bits per heavy atom. The molecule has 2 bridgehead atoms. The topological polar surface area (TPSA) is 107 Å². The summed E-state index contributed by atoms with van der Waals surface area (Å²) in [5.41, 5.74) is 11.4. The molecule has 27 heavy (non-hydrogen) atoms. The maximum absolute atomic E-state index is 6.34. The predicted octanol–water partition coefficient (Wildman–Crippen LogP) is 1.90. The van der Waals surface area contributed by atoms with Crippen molar-refractivity contribution < 1.29 is 14.5 Å². The van der Waals surface area contributed by atoms with E-state index in [4.69, 9.17) is 26.1 Å². The Kier molecular flexibility index (Phi) is 6.54. The molecule has 2 unspecified atom stereocenters. The van der Waals surface area contributed by atoms with E-state index in [1.165, 1.54) is 16.3 Å². The molecule has 8 heteroatoms. The van der Waals surface area contributed by atoms with E-state index < -0.39 is 5.79 Å². The highest BCUT2D eigenvalue weighted by molar-refractivity contribution is 5.77. The lowest BCUT2D eigenvalue weighted by Crippen LogP contribution is -2.48. The summed E-state index contributed by atoms with van der Waals surface area (Å²) in [6, 6.07) is 0. The smallest absolute Gasteiger partial charge is 0.204 e. The number of nitrogens with two attached hydrogens (primary N) is 2. The minimum absolute atomic E-state index is 0.00747. The molecule has 2 fully saturated rings. The van der Waals surface area contributed by atoms with Gasteiger partial charge in [-0.3, -0.25) is 16.3 Å². The number of hydrogen-bond acceptors (Lipinski definition) is 6. The Balaban J connectivity index is 1.59. The van der Waals surface area contributed by atoms with Gasteiger partial charge in [0.25, 0.3) is 0 Å². The van der Waals surface area contributed by atoms with E-state index in [0.717, 1.165) is 38.5 Å². The molecule has 0 aromatic carbocycles. The molecule has 2 aliphatic heterocycles. The van der Waals surface area contributed by atoms with E-state index in [1.54, 1.807) is 7.05 Å². The number of rotatable bonds is 3. The van der Waals surface area contributed by atoms with Crippen molar-refractivity contribution in [1.82, 2.24) is 10.5 Å². The van der Waals surface area contributed by atoms with Crippen molar-refractivity contribution in [3.8, 4) is 0 Å². The van der Waals surface area contributed by atoms with Crippen LogP contribution >= 0.6 is 0 Å². The van der Waals surface area contributed by atoms with Crippen molar-refractivity contribution in [2.24, 2.45) is 22.5 Å². The summed E-state index contributed by atoms with van der Waals surface area (Å²) in [6.45, 7) is 4.74. The first-order valence-electron chi connectivity index (χ1n) is 9.80. The number of fused-ring (bicyclic) bond motifs is 5. The summed E-state index contributed by atoms with van der Waals surface area (Å²) in [6.07, 6.45) is 9.81. The van der Waals surface area contributed by atoms with Crippen LogP contribution in [0.1, 0.15) is 52.4 Å². The molecular weight excluding hydrogens is 346 g/mol. The molecule has 0 amide bonds. The molecule has 152 valence electrons. The van der Waals surface area contributed by atoms with Gasteiger partial charge in [0.1, 0.15) is 6.10 Å². The second-order valence-corrected chi connectivity index (χ2v) is 8.01. The van der Waals surface area contributed by atoms with E-state index in [9.17, 15) is 0 Å². The zero-order valence-electron chi connectivity index (χ0n) is 16.6. The lowest BCUT2D eigenvalue weighted by Gasteiger charge is -2.39. The SMILES string of the molecule is CC1C=C2CC(=CC(C)OC3(CCC(CN=C(N)NN(C)N)CC3)OO1)C2. The number of hydrogen-bond donors (Lipinski definition) is 3. The average molecular weight is 380 g/mol. The van der Waals surface area contributed by atoms with Crippen molar-refractivity contribution in [2.45, 2.75) is 70.4 Å². The van der Waals surface area contributed by atoms with Crippen LogP contribution in [0.3, 0.4) is 0 Å². The van der Waals surface area contributed by atoms with E-state index in [2.05, 4.69) is 29.5 Å². The van der Waals surface area contributed by atoms with Gasteiger partial charge < -0.3 is 10.5 Å². The number of hydrazine groups is 2. The molecule has 2 saturated carbocycles. The van der Waals surface area contributed by atoms with Gasteiger partial charge in [0, 0.05) is 26.4 Å². The summed E-state index contributed by atoms with van der Waals surface area (Å²) in [5, 5.41) is 1.28. The zero-order chi connectivity index (χ0) is 19.4. The minimum atomic E-state index is -0.695. The molecule has 2 heterocycles. The predicted molar refractivity (Wildman–Crippen MR) is 104 cm³/mol. The molecular formula is C19H33N5O3. The highest BCUT2D eigenvalue weighted by atomic mass is 17.2. The Morgan fingerprint density at radius 2 is 1.85 bits per heavy atom. The summed E-state index contributed by atoms with van der Waals surface area (Å²) in [5.74, 6) is 5.57. The van der Waals surface area contributed by atoms with Gasteiger partial charge in [-0.2, -0.15) is 5.12 Å². The first-order chi connectivity index (χ1) is 12.8. The van der Waals surface area contributed by atoms with Crippen molar-refractivity contribution in [3.63, 3.8) is 0 Å². The molecule has 4 rings (SSSR count). The van der Waals surface area contributed by atoms with Gasteiger partial charge in [0.05, 0.1) is 6.10 Å². The highest BCUT2D eigenvalue weighted by Crippen LogP contribution is 2.40. The van der Waals surface area contributed by atoms with Crippen molar-refractivity contribution in [2.75, 3.05) is 13.6 Å². The third-order valence-electron chi connectivity index (χ3n) is 5.28. The number of allylic oxidation sites excluding steroid dienone is 2. The molecule has 8 nitrogen and oxygen atoms in total. The third-order valence-corrected chi connectivity index (χ3v) is 5.28. The Labute approximate surface area is 161 Å². The van der Waals surface area contributed by atoms with E-state index >= 15 is 0 Å². The van der Waals surface area contributed by atoms with Crippen LogP contribution < -0.4 is 17.0 Å². The lowest BCUT2D eigenvalue weighted by atomic mass is 9.84. The van der Waals surface area contributed by atoms with Gasteiger partial charge in [0.15, 0.2) is 0 Å². The molecule has 4 aliphatic rings. The molecule has 0 saturated heterocycles. The molecule has 2 atom stereocenters. The van der Waals surface area contributed by atoms with Crippen molar-refractivity contribution in [1.29, 1.82) is 0 Å². The number of nitrogens with zero attached hydrogens (tertiary/aromatic N) is 2. The highest BCUT2D eigenvalue weighted by Gasteiger charge is 2.40. The molecule has 0 radical (unpaired) electrons. The summed E-state index contributed by atoms with van der Waals surface area (Å²) < 4.78 is 6.34. The Bertz CT molecular complexity index is 598. The summed E-state index contributed by atoms with van der Waals surface area (Å²) in [7, 11) is 1.67. The van der Waals surface area contributed by atoms with Gasteiger partial charge >= 0.3 is 0 Å². The van der Waals surface area contributed by atoms with Crippen LogP contribution in [0.2, 0.25) is 0 Å². The molecule has 5 N–H and O–H groups in total. The normalized spacial score (nSPS) is 35.1. The standard InChI is InChI=1S/C19H33N5O3/c1-13-8-16-10-17(11-16)9-14(2)26-27-19(25-13)6-4-15(5-7-19)12-22-18(20)23-24(3)21/h8-9,13-15H,4-7,10-12,21H2,1-3H3,(H3,20,22,23). The average Bonchev–Trinajstić information content (AvgIpc) is 2.60. The quantitative estimate of drug-likeness (QED) is 0.172. The molecule has 2 aliphatic carbocycles. The molecule has 0 aromatic rings. The van der Waals surface area contributed by atoms with E-state index in [0.29, 0.717) is 18.4 Å². The van der Waals surface area contributed by atoms with Crippen LogP contribution in [0.4, 0.5) is 0 Å². The molecule has 0 aromatic heterocycles. The Morgan fingerprint density at radius 3 is 2.48 bits per heavy atom. The van der Waals surface area contributed by atoms with Crippen LogP contribution in [0.15, 0.2) is 28.3 Å². The monoisotopic (exact) mass is 379 g/mol.